The number of H-pyrrole nitrogens is 1. The number of hydrogen-bond acceptors (Lipinski definition) is 6. The van der Waals surface area contributed by atoms with E-state index in [0.29, 0.717) is 18.1 Å². The van der Waals surface area contributed by atoms with Crippen LogP contribution in [0.4, 0.5) is 0 Å². The molecule has 0 spiro atoms. The Morgan fingerprint density at radius 3 is 2.88 bits per heavy atom. The highest BCUT2D eigenvalue weighted by Gasteiger charge is 2.33. The second-order valence-electron chi connectivity index (χ2n) is 5.72. The van der Waals surface area contributed by atoms with E-state index in [4.69, 9.17) is 0 Å². The summed E-state index contributed by atoms with van der Waals surface area (Å²) in [5.74, 6) is 0.0408. The third-order valence-electron chi connectivity index (χ3n) is 4.19. The van der Waals surface area contributed by atoms with E-state index >= 15 is 0 Å². The van der Waals surface area contributed by atoms with Crippen molar-refractivity contribution in [1.82, 2.24) is 24.8 Å². The van der Waals surface area contributed by atoms with Gasteiger partial charge in [-0.25, -0.2) is 9.97 Å². The molecule has 4 heterocycles. The van der Waals surface area contributed by atoms with Crippen LogP contribution >= 0.6 is 11.3 Å². The van der Waals surface area contributed by atoms with Gasteiger partial charge in [0.1, 0.15) is 16.3 Å². The Kier molecular flexibility index (Phi) is 4.10. The zero-order valence-electron chi connectivity index (χ0n) is 13.3. The van der Waals surface area contributed by atoms with Crippen LogP contribution in [-0.2, 0) is 0 Å². The molecule has 0 bridgehead atoms. The summed E-state index contributed by atoms with van der Waals surface area (Å²) in [5.41, 5.74) is 0.147. The Hall–Kier alpha value is -2.87. The first-order valence-corrected chi connectivity index (χ1v) is 8.83. The fraction of sp³-hybridized carbons (Fsp3) is 0.235. The van der Waals surface area contributed by atoms with E-state index in [1.807, 2.05) is 11.4 Å². The van der Waals surface area contributed by atoms with E-state index in [2.05, 4.69) is 19.9 Å². The molecular weight excluding hydrogens is 338 g/mol. The average Bonchev–Trinajstić information content (AvgIpc) is 3.33. The number of aromatic amines is 1. The lowest BCUT2D eigenvalue weighted by molar-refractivity contribution is 0.0733. The maximum absolute atomic E-state index is 12.8. The van der Waals surface area contributed by atoms with Crippen LogP contribution in [0.25, 0.3) is 11.5 Å². The number of aromatic nitrogens is 4. The SMILES string of the molecule is O=C(c1cnc(-c2ccccn2)[nH]c1=O)N1CCC[C@H]1c1nccs1. The van der Waals surface area contributed by atoms with Crippen LogP contribution in [0.5, 0.6) is 0 Å². The Labute approximate surface area is 147 Å². The van der Waals surface area contributed by atoms with E-state index in [9.17, 15) is 9.59 Å². The Balaban J connectivity index is 1.63. The molecule has 1 atom stereocenters. The van der Waals surface area contributed by atoms with Gasteiger partial charge in [-0.1, -0.05) is 6.07 Å². The fourth-order valence-electron chi connectivity index (χ4n) is 3.00. The molecule has 25 heavy (non-hydrogen) atoms. The summed E-state index contributed by atoms with van der Waals surface area (Å²) >= 11 is 1.53. The predicted octanol–water partition coefficient (Wildman–Crippen LogP) is 2.27. The third-order valence-corrected chi connectivity index (χ3v) is 5.06. The highest BCUT2D eigenvalue weighted by molar-refractivity contribution is 7.09. The van der Waals surface area contributed by atoms with Crippen LogP contribution < -0.4 is 5.56 Å². The Morgan fingerprint density at radius 1 is 1.24 bits per heavy atom. The van der Waals surface area contributed by atoms with Crippen LogP contribution in [0.2, 0.25) is 0 Å². The predicted molar refractivity (Wildman–Crippen MR) is 93.2 cm³/mol. The highest BCUT2D eigenvalue weighted by atomic mass is 32.1. The van der Waals surface area contributed by atoms with Crippen LogP contribution in [0, 0.1) is 0 Å². The molecule has 1 saturated heterocycles. The van der Waals surface area contributed by atoms with Crippen molar-refractivity contribution >= 4 is 17.2 Å². The van der Waals surface area contributed by atoms with Gasteiger partial charge >= 0.3 is 0 Å². The largest absolute Gasteiger partial charge is 0.329 e. The van der Waals surface area contributed by atoms with Crippen molar-refractivity contribution in [3.05, 3.63) is 63.1 Å². The van der Waals surface area contributed by atoms with Crippen LogP contribution in [0.3, 0.4) is 0 Å². The van der Waals surface area contributed by atoms with Crippen LogP contribution in [0.1, 0.15) is 34.2 Å². The molecule has 0 radical (unpaired) electrons. The smallest absolute Gasteiger partial charge is 0.264 e. The lowest BCUT2D eigenvalue weighted by Gasteiger charge is -2.22. The molecule has 0 unspecified atom stereocenters. The van der Waals surface area contributed by atoms with Crippen LogP contribution in [-0.4, -0.2) is 37.3 Å². The van der Waals surface area contributed by atoms with E-state index in [1.54, 1.807) is 29.4 Å². The van der Waals surface area contributed by atoms with Gasteiger partial charge in [-0.3, -0.25) is 14.6 Å². The van der Waals surface area contributed by atoms with Crippen molar-refractivity contribution in [2.45, 2.75) is 18.9 Å². The minimum Gasteiger partial charge on any atom is -0.329 e. The van der Waals surface area contributed by atoms with Crippen molar-refractivity contribution in [3.63, 3.8) is 0 Å². The van der Waals surface area contributed by atoms with Gasteiger partial charge in [0, 0.05) is 30.5 Å². The monoisotopic (exact) mass is 353 g/mol. The summed E-state index contributed by atoms with van der Waals surface area (Å²) in [6.07, 6.45) is 6.45. The number of thiazole rings is 1. The molecule has 3 aromatic rings. The Morgan fingerprint density at radius 2 is 2.16 bits per heavy atom. The van der Waals surface area contributed by atoms with Crippen molar-refractivity contribution in [1.29, 1.82) is 0 Å². The average molecular weight is 353 g/mol. The maximum Gasteiger partial charge on any atom is 0.264 e. The first-order valence-electron chi connectivity index (χ1n) is 7.95. The molecule has 8 heteroatoms. The van der Waals surface area contributed by atoms with Crippen molar-refractivity contribution in [3.8, 4) is 11.5 Å². The molecule has 1 aliphatic heterocycles. The van der Waals surface area contributed by atoms with E-state index < -0.39 is 5.56 Å². The van der Waals surface area contributed by atoms with Crippen molar-refractivity contribution < 1.29 is 4.79 Å². The number of nitrogens with one attached hydrogen (secondary N) is 1. The van der Waals surface area contributed by atoms with Gasteiger partial charge in [0.2, 0.25) is 0 Å². The summed E-state index contributed by atoms with van der Waals surface area (Å²) in [5, 5.41) is 2.80. The van der Waals surface area contributed by atoms with Gasteiger partial charge in [0.05, 0.1) is 6.04 Å². The molecule has 126 valence electrons. The van der Waals surface area contributed by atoms with Crippen molar-refractivity contribution in [2.24, 2.45) is 0 Å². The molecule has 0 aliphatic carbocycles. The topological polar surface area (TPSA) is 91.8 Å². The quantitative estimate of drug-likeness (QED) is 0.780. The van der Waals surface area contributed by atoms with E-state index in [-0.39, 0.29) is 17.5 Å². The molecule has 1 amide bonds. The zero-order valence-corrected chi connectivity index (χ0v) is 14.1. The third kappa shape index (κ3) is 2.96. The normalized spacial score (nSPS) is 17.0. The standard InChI is InChI=1S/C17H15N5O2S/c23-15-11(10-20-14(21-15)12-4-1-2-6-18-12)17(24)22-8-3-5-13(22)16-19-7-9-25-16/h1-2,4,6-7,9-10,13H,3,5,8H2,(H,20,21,23)/t13-/m0/s1. The first-order chi connectivity index (χ1) is 12.2. The number of nitrogens with zero attached hydrogens (tertiary/aromatic N) is 4. The summed E-state index contributed by atoms with van der Waals surface area (Å²) < 4.78 is 0. The Bertz CT molecular complexity index is 939. The summed E-state index contributed by atoms with van der Waals surface area (Å²) in [6.45, 7) is 0.616. The van der Waals surface area contributed by atoms with Gasteiger partial charge in [0.25, 0.3) is 11.5 Å². The lowest BCUT2D eigenvalue weighted by Crippen LogP contribution is -2.34. The first kappa shape index (κ1) is 15.6. The lowest BCUT2D eigenvalue weighted by atomic mass is 10.2. The molecule has 1 fully saturated rings. The van der Waals surface area contributed by atoms with Gasteiger partial charge in [0.15, 0.2) is 5.82 Å². The number of rotatable bonds is 3. The summed E-state index contributed by atoms with van der Waals surface area (Å²) in [4.78, 5) is 42.3. The molecular formula is C17H15N5O2S. The minimum absolute atomic E-state index is 0.0446. The molecule has 1 N–H and O–H groups in total. The number of amides is 1. The van der Waals surface area contributed by atoms with Gasteiger partial charge < -0.3 is 9.88 Å². The van der Waals surface area contributed by atoms with Gasteiger partial charge in [-0.15, -0.1) is 11.3 Å². The number of hydrogen-bond donors (Lipinski definition) is 1. The molecule has 3 aromatic heterocycles. The fourth-order valence-corrected chi connectivity index (χ4v) is 3.79. The van der Waals surface area contributed by atoms with E-state index in [0.717, 1.165) is 17.8 Å². The number of pyridine rings is 1. The number of carbonyl (C=O) groups excluding carboxylic acids is 1. The number of likely N-dealkylation sites (tertiary alicyclic amines) is 1. The summed E-state index contributed by atoms with van der Waals surface area (Å²) in [7, 11) is 0. The highest BCUT2D eigenvalue weighted by Crippen LogP contribution is 2.33. The zero-order chi connectivity index (χ0) is 17.2. The maximum atomic E-state index is 12.8. The second-order valence-corrected chi connectivity index (χ2v) is 6.64. The molecule has 7 nitrogen and oxygen atoms in total. The molecule has 0 saturated carbocycles. The second kappa shape index (κ2) is 6.56. The summed E-state index contributed by atoms with van der Waals surface area (Å²) in [6, 6.07) is 5.27. The minimum atomic E-state index is -0.453. The van der Waals surface area contributed by atoms with Gasteiger partial charge in [-0.05, 0) is 25.0 Å². The molecule has 4 rings (SSSR count). The van der Waals surface area contributed by atoms with Crippen molar-refractivity contribution in [2.75, 3.05) is 6.54 Å². The molecule has 1 aliphatic rings. The van der Waals surface area contributed by atoms with Gasteiger partial charge in [-0.2, -0.15) is 0 Å². The van der Waals surface area contributed by atoms with Crippen LogP contribution in [0.15, 0.2) is 47.0 Å². The molecule has 0 aromatic carbocycles. The van der Waals surface area contributed by atoms with E-state index in [1.165, 1.54) is 17.5 Å². The number of carbonyl (C=O) groups is 1.